The first-order chi connectivity index (χ1) is 10.5. The molecule has 7 heteroatoms. The lowest BCUT2D eigenvalue weighted by Gasteiger charge is -2.25. The van der Waals surface area contributed by atoms with Crippen LogP contribution in [-0.4, -0.2) is 31.7 Å². The molecule has 120 valence electrons. The monoisotopic (exact) mass is 306 g/mol. The van der Waals surface area contributed by atoms with E-state index in [4.69, 9.17) is 0 Å². The third-order valence-electron chi connectivity index (χ3n) is 5.31. The summed E-state index contributed by atoms with van der Waals surface area (Å²) in [5.41, 5.74) is -1.16. The van der Waals surface area contributed by atoms with Crippen molar-refractivity contribution in [1.29, 1.82) is 0 Å². The first-order valence-corrected chi connectivity index (χ1v) is 7.90. The molecule has 0 aromatic carbocycles. The van der Waals surface area contributed by atoms with Gasteiger partial charge in [0.25, 0.3) is 0 Å². The Hall–Kier alpha value is -1.92. The van der Waals surface area contributed by atoms with Crippen molar-refractivity contribution in [1.82, 2.24) is 20.1 Å². The Balaban J connectivity index is 1.64. The van der Waals surface area contributed by atoms with Crippen LogP contribution in [0.3, 0.4) is 0 Å². The molecular weight excluding hydrogens is 284 g/mol. The van der Waals surface area contributed by atoms with E-state index in [-0.39, 0.29) is 5.91 Å². The second-order valence-electron chi connectivity index (χ2n) is 6.62. The van der Waals surface area contributed by atoms with Gasteiger partial charge in [0.15, 0.2) is 0 Å². The van der Waals surface area contributed by atoms with Crippen LogP contribution in [0.1, 0.15) is 51.3 Å². The highest BCUT2D eigenvalue weighted by molar-refractivity contribution is 5.87. The summed E-state index contributed by atoms with van der Waals surface area (Å²) >= 11 is 0. The number of nitrogens with one attached hydrogen (secondary N) is 1. The molecule has 22 heavy (non-hydrogen) atoms. The minimum Gasteiger partial charge on any atom is -0.481 e. The van der Waals surface area contributed by atoms with Crippen LogP contribution in [0.2, 0.25) is 0 Å². The number of aryl methyl sites for hydroxylation is 1. The zero-order valence-electron chi connectivity index (χ0n) is 12.8. The average molecular weight is 306 g/mol. The maximum atomic E-state index is 12.6. The molecule has 2 fully saturated rings. The van der Waals surface area contributed by atoms with Gasteiger partial charge >= 0.3 is 5.97 Å². The molecule has 0 atom stereocenters. The maximum Gasteiger partial charge on any atom is 0.309 e. The van der Waals surface area contributed by atoms with Crippen LogP contribution in [0.25, 0.3) is 0 Å². The van der Waals surface area contributed by atoms with Gasteiger partial charge in [0.1, 0.15) is 12.2 Å². The van der Waals surface area contributed by atoms with E-state index < -0.39 is 16.8 Å². The van der Waals surface area contributed by atoms with Crippen molar-refractivity contribution in [3.8, 4) is 0 Å². The lowest BCUT2D eigenvalue weighted by Crippen LogP contribution is -2.38. The molecule has 0 spiro atoms. The number of hydrogen-bond donors (Lipinski definition) is 2. The molecule has 1 heterocycles. The lowest BCUT2D eigenvalue weighted by atomic mass is 9.81. The number of carbonyl (C=O) groups is 2. The largest absolute Gasteiger partial charge is 0.481 e. The molecule has 2 bridgehead atoms. The number of fused-ring (bicyclic) bond motifs is 2. The summed E-state index contributed by atoms with van der Waals surface area (Å²) in [6.07, 6.45) is 5.50. The maximum absolute atomic E-state index is 12.6. The van der Waals surface area contributed by atoms with Crippen molar-refractivity contribution in [3.05, 3.63) is 12.2 Å². The minimum atomic E-state index is -0.748. The van der Waals surface area contributed by atoms with Gasteiger partial charge in [-0.1, -0.05) is 6.92 Å². The molecule has 7 nitrogen and oxygen atoms in total. The van der Waals surface area contributed by atoms with E-state index in [1.807, 2.05) is 0 Å². The number of carboxylic acids is 1. The predicted octanol–water partition coefficient (Wildman–Crippen LogP) is 1.34. The van der Waals surface area contributed by atoms with E-state index in [0.717, 1.165) is 18.8 Å². The topological polar surface area (TPSA) is 97.1 Å². The van der Waals surface area contributed by atoms with Crippen molar-refractivity contribution < 1.29 is 14.7 Å². The molecular formula is C15H22N4O3. The molecule has 0 radical (unpaired) electrons. The van der Waals surface area contributed by atoms with Gasteiger partial charge < -0.3 is 10.4 Å². The van der Waals surface area contributed by atoms with Gasteiger partial charge in [-0.3, -0.25) is 9.59 Å². The average Bonchev–Trinajstić information content (AvgIpc) is 3.20. The number of carboxylic acid groups (broad SMARTS) is 1. The summed E-state index contributed by atoms with van der Waals surface area (Å²) in [6, 6.07) is 0. The predicted molar refractivity (Wildman–Crippen MR) is 77.7 cm³/mol. The highest BCUT2D eigenvalue weighted by Gasteiger charge is 2.61. The lowest BCUT2D eigenvalue weighted by molar-refractivity contribution is -0.148. The molecule has 1 aromatic heterocycles. The first-order valence-electron chi connectivity index (χ1n) is 7.90. The van der Waals surface area contributed by atoms with Crippen LogP contribution in [0, 0.1) is 10.8 Å². The highest BCUT2D eigenvalue weighted by atomic mass is 16.4. The highest BCUT2D eigenvalue weighted by Crippen LogP contribution is 2.61. The smallest absolute Gasteiger partial charge is 0.309 e. The van der Waals surface area contributed by atoms with Gasteiger partial charge in [0, 0.05) is 6.54 Å². The SMILES string of the molecule is CCCn1ncnc1CNC(=O)C12CCC(C(=O)O)(CC1)C2. The molecule has 1 amide bonds. The van der Waals surface area contributed by atoms with E-state index in [0.29, 0.717) is 38.6 Å². The van der Waals surface area contributed by atoms with Gasteiger partial charge in [-0.15, -0.1) is 0 Å². The third kappa shape index (κ3) is 2.28. The van der Waals surface area contributed by atoms with Crippen LogP contribution < -0.4 is 5.32 Å². The van der Waals surface area contributed by atoms with Crippen molar-refractivity contribution >= 4 is 11.9 Å². The standard InChI is InChI=1S/C15H22N4O3/c1-2-7-19-11(17-10-18-19)8-16-12(20)14-3-5-15(9-14,6-4-14)13(21)22/h10H,2-9H2,1H3,(H,16,20)(H,21,22). The van der Waals surface area contributed by atoms with E-state index in [1.165, 1.54) is 6.33 Å². The molecule has 2 N–H and O–H groups in total. The first kappa shape index (κ1) is 15.0. The number of hydrogen-bond acceptors (Lipinski definition) is 4. The quantitative estimate of drug-likeness (QED) is 0.826. The second-order valence-corrected chi connectivity index (χ2v) is 6.62. The molecule has 2 aliphatic carbocycles. The number of rotatable bonds is 6. The molecule has 0 aliphatic heterocycles. The van der Waals surface area contributed by atoms with Crippen molar-refractivity contribution in [2.45, 2.75) is 58.5 Å². The van der Waals surface area contributed by atoms with Crippen molar-refractivity contribution in [2.24, 2.45) is 10.8 Å². The Morgan fingerprint density at radius 1 is 1.32 bits per heavy atom. The number of nitrogens with zero attached hydrogens (tertiary/aromatic N) is 3. The summed E-state index contributed by atoms with van der Waals surface area (Å²) in [5, 5.41) is 16.5. The molecule has 3 rings (SSSR count). The number of amides is 1. The Labute approximate surface area is 129 Å². The van der Waals surface area contributed by atoms with Crippen molar-refractivity contribution in [2.75, 3.05) is 0 Å². The summed E-state index contributed by atoms with van der Waals surface area (Å²) in [7, 11) is 0. The van der Waals surface area contributed by atoms with Gasteiger partial charge in [-0.05, 0) is 38.5 Å². The molecule has 0 unspecified atom stereocenters. The van der Waals surface area contributed by atoms with Crippen LogP contribution in [0.5, 0.6) is 0 Å². The van der Waals surface area contributed by atoms with E-state index in [9.17, 15) is 14.7 Å². The normalized spacial score (nSPS) is 29.7. The Morgan fingerprint density at radius 3 is 2.59 bits per heavy atom. The van der Waals surface area contributed by atoms with Gasteiger partial charge in [0.05, 0.1) is 17.4 Å². The Bertz CT molecular complexity index is 587. The third-order valence-corrected chi connectivity index (χ3v) is 5.31. The Kier molecular flexibility index (Phi) is 3.66. The zero-order chi connectivity index (χ0) is 15.8. The molecule has 1 aromatic rings. The number of carbonyl (C=O) groups excluding carboxylic acids is 1. The fourth-order valence-electron chi connectivity index (χ4n) is 3.98. The summed E-state index contributed by atoms with van der Waals surface area (Å²) in [4.78, 5) is 28.2. The second kappa shape index (κ2) is 5.37. The van der Waals surface area contributed by atoms with E-state index >= 15 is 0 Å². The van der Waals surface area contributed by atoms with Crippen LogP contribution >= 0.6 is 0 Å². The molecule has 2 saturated carbocycles. The molecule has 2 aliphatic rings. The fraction of sp³-hybridized carbons (Fsp3) is 0.733. The summed E-state index contributed by atoms with van der Waals surface area (Å²) < 4.78 is 1.79. The summed E-state index contributed by atoms with van der Waals surface area (Å²) in [5.74, 6) is -0.0337. The van der Waals surface area contributed by atoms with E-state index in [2.05, 4.69) is 22.3 Å². The zero-order valence-corrected chi connectivity index (χ0v) is 12.8. The number of aromatic nitrogens is 3. The van der Waals surface area contributed by atoms with Crippen molar-refractivity contribution in [3.63, 3.8) is 0 Å². The molecule has 0 saturated heterocycles. The van der Waals surface area contributed by atoms with Crippen LogP contribution in [0.15, 0.2) is 6.33 Å². The van der Waals surface area contributed by atoms with E-state index in [1.54, 1.807) is 4.68 Å². The van der Waals surface area contributed by atoms with Crippen LogP contribution in [-0.2, 0) is 22.7 Å². The number of aliphatic carboxylic acids is 1. The summed E-state index contributed by atoms with van der Waals surface area (Å²) in [6.45, 7) is 3.19. The van der Waals surface area contributed by atoms with Gasteiger partial charge in [-0.25, -0.2) is 9.67 Å². The van der Waals surface area contributed by atoms with Gasteiger partial charge in [0.2, 0.25) is 5.91 Å². The fourth-order valence-corrected chi connectivity index (χ4v) is 3.98. The van der Waals surface area contributed by atoms with Crippen LogP contribution in [0.4, 0.5) is 0 Å². The van der Waals surface area contributed by atoms with Gasteiger partial charge in [-0.2, -0.15) is 5.10 Å². The Morgan fingerprint density at radius 2 is 2.00 bits per heavy atom. The minimum absolute atomic E-state index is 0.0285.